The van der Waals surface area contributed by atoms with Crippen LogP contribution in [0.2, 0.25) is 0 Å². The molecule has 1 atom stereocenters. The van der Waals surface area contributed by atoms with E-state index in [2.05, 4.69) is 4.90 Å². The number of piperazine rings is 1. The Kier molecular flexibility index (Phi) is 11.8. The van der Waals surface area contributed by atoms with E-state index in [-0.39, 0.29) is 37.4 Å². The zero-order valence-electron chi connectivity index (χ0n) is 28.7. The van der Waals surface area contributed by atoms with Gasteiger partial charge in [-0.3, -0.25) is 19.3 Å². The molecule has 0 spiro atoms. The highest BCUT2D eigenvalue weighted by atomic mass is 19.4. The van der Waals surface area contributed by atoms with Crippen LogP contribution in [-0.4, -0.2) is 101 Å². The van der Waals surface area contributed by atoms with Gasteiger partial charge < -0.3 is 29.9 Å². The number of carbonyl (C=O) groups is 2. The third kappa shape index (κ3) is 8.69. The number of aryl methyl sites for hydroxylation is 2. The lowest BCUT2D eigenvalue weighted by Crippen LogP contribution is -2.53. The first kappa shape index (κ1) is 38.2. The number of rotatable bonds is 8. The van der Waals surface area contributed by atoms with Crippen molar-refractivity contribution in [1.29, 1.82) is 0 Å². The van der Waals surface area contributed by atoms with Gasteiger partial charge in [0.1, 0.15) is 11.9 Å². The van der Waals surface area contributed by atoms with Crippen LogP contribution in [0.3, 0.4) is 0 Å². The third-order valence-corrected chi connectivity index (χ3v) is 9.22. The Morgan fingerprint density at radius 1 is 0.942 bits per heavy atom. The maximum Gasteiger partial charge on any atom is 0.411 e. The number of nitrogens with zero attached hydrogens (tertiary/aromatic N) is 5. The molecule has 0 aliphatic carbocycles. The van der Waals surface area contributed by atoms with E-state index in [1.807, 2.05) is 36.2 Å². The number of nitrogens with two attached hydrogens (primary N) is 1. The second-order valence-electron chi connectivity index (χ2n) is 12.8. The van der Waals surface area contributed by atoms with Crippen molar-refractivity contribution in [3.63, 3.8) is 0 Å². The monoisotopic (exact) mass is 728 g/mol. The summed E-state index contributed by atoms with van der Waals surface area (Å²) in [4.78, 5) is 52.5. The fourth-order valence-corrected chi connectivity index (χ4v) is 6.45. The summed E-state index contributed by atoms with van der Waals surface area (Å²) in [5.41, 5.74) is 6.01. The van der Waals surface area contributed by atoms with Crippen LogP contribution in [0.4, 0.5) is 23.2 Å². The first-order chi connectivity index (χ1) is 24.6. The van der Waals surface area contributed by atoms with Gasteiger partial charge in [-0.2, -0.15) is 13.2 Å². The number of primary amides is 1. The van der Waals surface area contributed by atoms with Gasteiger partial charge in [-0.1, -0.05) is 30.3 Å². The highest BCUT2D eigenvalue weighted by molar-refractivity contribution is 5.95. The Bertz CT molecular complexity index is 2060. The standard InChI is InChI=1S/C18H24F4N4O2.C18H16N2O4/c1-24-2-4-25(5-3-24)10-12-8-13(9-14(19)16(12)17(23)27)26-6-7-28-11-15(26)18(20,21)22;1-19-11-10-16(21)20(18(19)24)15-7-3-5-13-12(8-9-17(22)23)4-2-6-14(13)15/h8-9,15H,2-7,10-11H2,1H3,(H2,23,27);2-7,10-11H,8-9H2,1H3,(H,22,23). The van der Waals surface area contributed by atoms with Gasteiger partial charge in [0.05, 0.1) is 24.5 Å². The zero-order chi connectivity index (χ0) is 37.7. The molecule has 4 aromatic rings. The zero-order valence-corrected chi connectivity index (χ0v) is 28.7. The van der Waals surface area contributed by atoms with Crippen LogP contribution in [-0.2, 0) is 29.5 Å². The van der Waals surface area contributed by atoms with Gasteiger partial charge in [0.25, 0.3) is 11.5 Å². The van der Waals surface area contributed by atoms with E-state index in [0.717, 1.165) is 45.0 Å². The van der Waals surface area contributed by atoms with Gasteiger partial charge in [-0.15, -0.1) is 0 Å². The van der Waals surface area contributed by atoms with E-state index < -0.39 is 47.8 Å². The first-order valence-electron chi connectivity index (χ1n) is 16.6. The number of hydrogen-bond acceptors (Lipinski definition) is 8. The van der Waals surface area contributed by atoms with Gasteiger partial charge in [0.2, 0.25) is 0 Å². The van der Waals surface area contributed by atoms with Crippen molar-refractivity contribution in [3.05, 3.63) is 104 Å². The minimum atomic E-state index is -4.52. The number of aliphatic carboxylic acids is 1. The van der Waals surface area contributed by atoms with E-state index in [0.29, 0.717) is 30.8 Å². The fourth-order valence-electron chi connectivity index (χ4n) is 6.45. The van der Waals surface area contributed by atoms with Crippen molar-refractivity contribution in [3.8, 4) is 5.69 Å². The Labute approximate surface area is 296 Å². The van der Waals surface area contributed by atoms with Crippen molar-refractivity contribution in [2.75, 3.05) is 57.9 Å². The Morgan fingerprint density at radius 3 is 2.31 bits per heavy atom. The van der Waals surface area contributed by atoms with Gasteiger partial charge in [-0.25, -0.2) is 13.8 Å². The summed E-state index contributed by atoms with van der Waals surface area (Å²) in [6.45, 7) is 2.87. The molecule has 3 aromatic carbocycles. The van der Waals surface area contributed by atoms with E-state index in [4.69, 9.17) is 15.6 Å². The molecular weight excluding hydrogens is 688 g/mol. The van der Waals surface area contributed by atoms with E-state index in [1.54, 1.807) is 19.2 Å². The maximum absolute atomic E-state index is 14.7. The topological polar surface area (TPSA) is 143 Å². The average molecular weight is 729 g/mol. The third-order valence-electron chi connectivity index (χ3n) is 9.22. The second kappa shape index (κ2) is 16.1. The van der Waals surface area contributed by atoms with Gasteiger partial charge >= 0.3 is 17.8 Å². The molecule has 278 valence electrons. The van der Waals surface area contributed by atoms with Crippen molar-refractivity contribution in [2.45, 2.75) is 31.6 Å². The van der Waals surface area contributed by atoms with Gasteiger partial charge in [0, 0.05) is 76.1 Å². The molecule has 52 heavy (non-hydrogen) atoms. The summed E-state index contributed by atoms with van der Waals surface area (Å²) in [6, 6.07) is 12.7. The fraction of sp³-hybridized carbons (Fsp3) is 0.389. The molecule has 2 saturated heterocycles. The molecule has 0 saturated carbocycles. The van der Waals surface area contributed by atoms with Crippen LogP contribution in [0.5, 0.6) is 0 Å². The molecule has 0 bridgehead atoms. The molecule has 12 nitrogen and oxygen atoms in total. The van der Waals surface area contributed by atoms with Crippen LogP contribution in [0, 0.1) is 5.82 Å². The molecule has 6 rings (SSSR count). The lowest BCUT2D eigenvalue weighted by molar-refractivity contribution is -0.167. The number of aromatic nitrogens is 2. The van der Waals surface area contributed by atoms with Crippen LogP contribution >= 0.6 is 0 Å². The number of fused-ring (bicyclic) bond motifs is 1. The predicted molar refractivity (Wildman–Crippen MR) is 186 cm³/mol. The average Bonchev–Trinajstić information content (AvgIpc) is 3.09. The van der Waals surface area contributed by atoms with Crippen LogP contribution in [0.25, 0.3) is 16.5 Å². The number of carbonyl (C=O) groups excluding carboxylic acids is 1. The molecule has 3 N–H and O–H groups in total. The van der Waals surface area contributed by atoms with Gasteiger partial charge in [0.15, 0.2) is 0 Å². The van der Waals surface area contributed by atoms with E-state index in [1.165, 1.54) is 22.9 Å². The first-order valence-corrected chi connectivity index (χ1v) is 16.6. The summed E-state index contributed by atoms with van der Waals surface area (Å²) >= 11 is 0. The van der Waals surface area contributed by atoms with Crippen molar-refractivity contribution < 1.29 is 37.0 Å². The van der Waals surface area contributed by atoms with Crippen LogP contribution in [0.15, 0.2) is 70.4 Å². The Balaban J connectivity index is 0.000000203. The smallest absolute Gasteiger partial charge is 0.411 e. The summed E-state index contributed by atoms with van der Waals surface area (Å²) in [5.74, 6) is -2.69. The SMILES string of the molecule is CN1CCN(Cc2cc(N3CCOCC3C(F)(F)F)cc(F)c2C(N)=O)CC1.Cn1ccc(=O)n(-c2cccc3c(CCC(=O)O)cccc23)c1=O. The number of carboxylic acids is 1. The molecule has 3 heterocycles. The Morgan fingerprint density at radius 2 is 1.63 bits per heavy atom. The number of halogens is 4. The molecule has 1 unspecified atom stereocenters. The van der Waals surface area contributed by atoms with Crippen molar-refractivity contribution in [1.82, 2.24) is 18.9 Å². The lowest BCUT2D eigenvalue weighted by Gasteiger charge is -2.38. The molecule has 0 radical (unpaired) electrons. The van der Waals surface area contributed by atoms with Crippen molar-refractivity contribution in [2.24, 2.45) is 12.8 Å². The Hall–Kier alpha value is -5.06. The number of hydrogen-bond donors (Lipinski definition) is 2. The summed E-state index contributed by atoms with van der Waals surface area (Å²) in [5, 5.41) is 10.5. The number of carboxylic acid groups (broad SMARTS) is 1. The van der Waals surface area contributed by atoms with Crippen LogP contribution < -0.4 is 21.9 Å². The lowest BCUT2D eigenvalue weighted by atomic mass is 9.99. The predicted octanol–water partition coefficient (Wildman–Crippen LogP) is 3.15. The molecule has 2 aliphatic rings. The quantitative estimate of drug-likeness (QED) is 0.262. The number of benzene rings is 3. The minimum absolute atomic E-state index is 0.0204. The molecule has 16 heteroatoms. The second-order valence-corrected chi connectivity index (χ2v) is 12.8. The molecule has 1 aromatic heterocycles. The van der Waals surface area contributed by atoms with E-state index >= 15 is 0 Å². The molecule has 1 amide bonds. The number of likely N-dealkylation sites (N-methyl/N-ethyl adjacent to an activating group) is 1. The van der Waals surface area contributed by atoms with Crippen molar-refractivity contribution >= 4 is 28.3 Å². The minimum Gasteiger partial charge on any atom is -0.481 e. The number of morpholine rings is 1. The normalized spacial score (nSPS) is 17.1. The molecule has 2 aliphatic heterocycles. The molecule has 2 fully saturated rings. The highest BCUT2D eigenvalue weighted by Gasteiger charge is 2.45. The van der Waals surface area contributed by atoms with E-state index in [9.17, 15) is 36.7 Å². The number of ether oxygens (including phenoxy) is 1. The van der Waals surface area contributed by atoms with Crippen LogP contribution in [0.1, 0.15) is 27.9 Å². The number of alkyl halides is 3. The molecular formula is C36H40F4N6O6. The summed E-state index contributed by atoms with van der Waals surface area (Å²) < 4.78 is 62.3. The summed E-state index contributed by atoms with van der Waals surface area (Å²) in [6.07, 6.45) is -2.67. The highest BCUT2D eigenvalue weighted by Crippen LogP contribution is 2.33. The number of amides is 1. The van der Waals surface area contributed by atoms with Gasteiger partial charge in [-0.05, 0) is 48.2 Å². The maximum atomic E-state index is 14.7. The largest absolute Gasteiger partial charge is 0.481 e. The summed E-state index contributed by atoms with van der Waals surface area (Å²) in [7, 11) is 3.57. The number of anilines is 1.